The molecule has 1 fully saturated rings. The number of aromatic nitrogens is 1. The van der Waals surface area contributed by atoms with Crippen LogP contribution in [0.3, 0.4) is 0 Å². The molecule has 2 aromatic rings. The predicted molar refractivity (Wildman–Crippen MR) is 99.5 cm³/mol. The van der Waals surface area contributed by atoms with Crippen LogP contribution in [0, 0.1) is 6.57 Å². The van der Waals surface area contributed by atoms with E-state index in [-0.39, 0.29) is 11.8 Å². The van der Waals surface area contributed by atoms with Crippen LogP contribution < -0.4 is 5.56 Å². The molecule has 0 spiro atoms. The molecule has 0 saturated heterocycles. The fraction of sp³-hybridized carbons (Fsp3) is 0.350. The number of hydrogen-bond acceptors (Lipinski definition) is 3. The first-order chi connectivity index (χ1) is 13.4. The Kier molecular flexibility index (Phi) is 5.66. The smallest absolute Gasteiger partial charge is 0.375 e. The van der Waals surface area contributed by atoms with Crippen LogP contribution in [0.25, 0.3) is 16.1 Å². The van der Waals surface area contributed by atoms with E-state index in [1.165, 1.54) is 7.11 Å². The van der Waals surface area contributed by atoms with Gasteiger partial charge >= 0.3 is 6.18 Å². The van der Waals surface area contributed by atoms with Crippen molar-refractivity contribution in [1.29, 1.82) is 0 Å². The maximum Gasteiger partial charge on any atom is 0.407 e. The molecule has 0 radical (unpaired) electrons. The lowest BCUT2D eigenvalue weighted by Gasteiger charge is -2.23. The quantitative estimate of drug-likeness (QED) is 0.703. The van der Waals surface area contributed by atoms with E-state index in [1.807, 2.05) is 0 Å². The largest absolute Gasteiger partial charge is 0.407 e. The SMILES string of the molecule is [C-]#[N+]c1c(C(F)(F)F)cc(-c2ccccc2)n(/N=C2\CCCCC2OC)c1=O. The second-order valence-electron chi connectivity index (χ2n) is 6.45. The number of benzene rings is 1. The zero-order chi connectivity index (χ0) is 20.3. The van der Waals surface area contributed by atoms with Gasteiger partial charge in [0.15, 0.2) is 0 Å². The van der Waals surface area contributed by atoms with Crippen molar-refractivity contribution in [2.24, 2.45) is 5.10 Å². The van der Waals surface area contributed by atoms with E-state index in [1.54, 1.807) is 30.3 Å². The monoisotopic (exact) mass is 389 g/mol. The molecule has 1 heterocycles. The number of hydrogen-bond donors (Lipinski definition) is 0. The molecule has 3 rings (SSSR count). The fourth-order valence-electron chi connectivity index (χ4n) is 3.29. The first-order valence-corrected chi connectivity index (χ1v) is 8.77. The van der Waals surface area contributed by atoms with Gasteiger partial charge in [-0.1, -0.05) is 36.8 Å². The van der Waals surface area contributed by atoms with E-state index < -0.39 is 23.0 Å². The molecule has 1 aromatic carbocycles. The normalized spacial score (nSPS) is 18.8. The lowest BCUT2D eigenvalue weighted by molar-refractivity contribution is -0.136. The first kappa shape index (κ1) is 19.8. The number of pyridine rings is 1. The van der Waals surface area contributed by atoms with Crippen LogP contribution in [0.15, 0.2) is 46.3 Å². The summed E-state index contributed by atoms with van der Waals surface area (Å²) < 4.78 is 46.7. The van der Waals surface area contributed by atoms with Crippen molar-refractivity contribution in [2.45, 2.75) is 38.0 Å². The minimum atomic E-state index is -4.82. The van der Waals surface area contributed by atoms with Gasteiger partial charge in [-0.25, -0.2) is 9.52 Å². The first-order valence-electron chi connectivity index (χ1n) is 8.77. The van der Waals surface area contributed by atoms with Crippen molar-refractivity contribution in [3.63, 3.8) is 0 Å². The number of halogens is 3. The Hall–Kier alpha value is -2.92. The average Bonchev–Trinajstić information content (AvgIpc) is 2.69. The van der Waals surface area contributed by atoms with Gasteiger partial charge in [0.05, 0.1) is 29.6 Å². The molecule has 1 saturated carbocycles. The Balaban J connectivity index is 2.32. The van der Waals surface area contributed by atoms with Crippen LogP contribution in [0.2, 0.25) is 0 Å². The third-order valence-electron chi connectivity index (χ3n) is 4.68. The summed E-state index contributed by atoms with van der Waals surface area (Å²) in [5.74, 6) is 0. The molecule has 1 unspecified atom stereocenters. The third kappa shape index (κ3) is 3.85. The molecule has 5 nitrogen and oxygen atoms in total. The number of ether oxygens (including phenoxy) is 1. The number of rotatable bonds is 3. The van der Waals surface area contributed by atoms with Crippen LogP contribution >= 0.6 is 0 Å². The van der Waals surface area contributed by atoms with Crippen LogP contribution in [-0.2, 0) is 10.9 Å². The van der Waals surface area contributed by atoms with E-state index in [2.05, 4.69) is 9.95 Å². The number of nitrogens with zero attached hydrogens (tertiary/aromatic N) is 3. The van der Waals surface area contributed by atoms with E-state index in [0.717, 1.165) is 30.0 Å². The van der Waals surface area contributed by atoms with Crippen molar-refractivity contribution in [3.8, 4) is 11.3 Å². The number of alkyl halides is 3. The predicted octanol–water partition coefficient (Wildman–Crippen LogP) is 4.88. The highest BCUT2D eigenvalue weighted by atomic mass is 19.4. The van der Waals surface area contributed by atoms with E-state index in [0.29, 0.717) is 17.7 Å². The Morgan fingerprint density at radius 3 is 2.57 bits per heavy atom. The molecule has 0 bridgehead atoms. The zero-order valence-corrected chi connectivity index (χ0v) is 15.2. The van der Waals surface area contributed by atoms with Gasteiger partial charge in [0.2, 0.25) is 0 Å². The highest BCUT2D eigenvalue weighted by molar-refractivity contribution is 5.89. The standard InChI is InChI=1S/C20H18F3N3O2/c1-24-18-14(20(21,22)23)12-16(13-8-4-3-5-9-13)26(19(18)27)25-15-10-6-7-11-17(15)28-2/h3-5,8-9,12,17H,6-7,10-11H2,2H3/b25-15+. The van der Waals surface area contributed by atoms with Crippen molar-refractivity contribution >= 4 is 11.4 Å². The Labute approximate surface area is 159 Å². The zero-order valence-electron chi connectivity index (χ0n) is 15.2. The second kappa shape index (κ2) is 7.98. The Morgan fingerprint density at radius 2 is 1.96 bits per heavy atom. The molecule has 0 aliphatic heterocycles. The van der Waals surface area contributed by atoms with Crippen LogP contribution in [-0.4, -0.2) is 23.6 Å². The fourth-order valence-corrected chi connectivity index (χ4v) is 3.29. The van der Waals surface area contributed by atoms with Crippen molar-refractivity contribution < 1.29 is 17.9 Å². The second-order valence-corrected chi connectivity index (χ2v) is 6.45. The Morgan fingerprint density at radius 1 is 1.25 bits per heavy atom. The molecule has 1 aromatic heterocycles. The Bertz CT molecular complexity index is 989. The summed E-state index contributed by atoms with van der Waals surface area (Å²) >= 11 is 0. The third-order valence-corrected chi connectivity index (χ3v) is 4.68. The van der Waals surface area contributed by atoms with Crippen molar-refractivity contribution in [3.05, 3.63) is 63.7 Å². The van der Waals surface area contributed by atoms with E-state index >= 15 is 0 Å². The van der Waals surface area contributed by atoms with Gasteiger partial charge in [-0.3, -0.25) is 4.79 Å². The van der Waals surface area contributed by atoms with Gasteiger partial charge in [-0.15, -0.1) is 0 Å². The summed E-state index contributed by atoms with van der Waals surface area (Å²) in [7, 11) is 1.53. The highest BCUT2D eigenvalue weighted by Crippen LogP contribution is 2.37. The molecule has 1 aliphatic carbocycles. The van der Waals surface area contributed by atoms with Gasteiger partial charge in [0, 0.05) is 12.7 Å². The topological polar surface area (TPSA) is 48.0 Å². The average molecular weight is 389 g/mol. The molecule has 1 aliphatic rings. The van der Waals surface area contributed by atoms with Gasteiger partial charge < -0.3 is 4.74 Å². The summed E-state index contributed by atoms with van der Waals surface area (Å²) in [4.78, 5) is 15.7. The van der Waals surface area contributed by atoms with Gasteiger partial charge in [0.1, 0.15) is 0 Å². The van der Waals surface area contributed by atoms with Gasteiger partial charge in [-0.2, -0.15) is 18.3 Å². The van der Waals surface area contributed by atoms with E-state index in [4.69, 9.17) is 11.3 Å². The minimum absolute atomic E-state index is 0.0155. The molecule has 1 atom stereocenters. The molecule has 8 heteroatoms. The summed E-state index contributed by atoms with van der Waals surface area (Å²) in [6, 6.07) is 9.05. The van der Waals surface area contributed by atoms with Crippen LogP contribution in [0.5, 0.6) is 0 Å². The van der Waals surface area contributed by atoms with Crippen LogP contribution in [0.1, 0.15) is 31.2 Å². The van der Waals surface area contributed by atoms with Gasteiger partial charge in [-0.05, 0) is 25.3 Å². The maximum absolute atomic E-state index is 13.5. The molecule has 146 valence electrons. The highest BCUT2D eigenvalue weighted by Gasteiger charge is 2.36. The molecular formula is C20H18F3N3O2. The van der Waals surface area contributed by atoms with Gasteiger partial charge in [0.25, 0.3) is 11.2 Å². The lowest BCUT2D eigenvalue weighted by atomic mass is 9.95. The minimum Gasteiger partial charge on any atom is -0.375 e. The number of methoxy groups -OCH3 is 1. The van der Waals surface area contributed by atoms with Crippen molar-refractivity contribution in [2.75, 3.05) is 7.11 Å². The summed E-state index contributed by atoms with van der Waals surface area (Å²) in [5, 5.41) is 4.36. The van der Waals surface area contributed by atoms with Crippen molar-refractivity contribution in [1.82, 2.24) is 4.68 Å². The molecule has 28 heavy (non-hydrogen) atoms. The molecule has 0 N–H and O–H groups in total. The molecular weight excluding hydrogens is 371 g/mol. The van der Waals surface area contributed by atoms with E-state index in [9.17, 15) is 18.0 Å². The maximum atomic E-state index is 13.5. The molecule has 0 amide bonds. The summed E-state index contributed by atoms with van der Waals surface area (Å²) in [5.41, 5.74) is -2.36. The summed E-state index contributed by atoms with van der Waals surface area (Å²) in [6.07, 6.45) is -2.03. The lowest BCUT2D eigenvalue weighted by Crippen LogP contribution is -2.30. The van der Waals surface area contributed by atoms with Crippen LogP contribution in [0.4, 0.5) is 18.9 Å². The summed E-state index contributed by atoms with van der Waals surface area (Å²) in [6.45, 7) is 7.11.